The third kappa shape index (κ3) is 3.04. The van der Waals surface area contributed by atoms with Crippen LogP contribution in [0.15, 0.2) is 59.2 Å². The topological polar surface area (TPSA) is 81.1 Å². The van der Waals surface area contributed by atoms with Crippen LogP contribution in [0.4, 0.5) is 0 Å². The van der Waals surface area contributed by atoms with Crippen molar-refractivity contribution in [3.05, 3.63) is 77.5 Å². The molecule has 1 aliphatic carbocycles. The van der Waals surface area contributed by atoms with E-state index >= 15 is 0 Å². The first-order valence-electron chi connectivity index (χ1n) is 9.30. The molecule has 3 N–H and O–H groups in total. The maximum atomic E-state index is 12.8. The number of nitrogens with zero attached hydrogens (tertiary/aromatic N) is 1. The number of benzene rings is 2. The van der Waals surface area contributed by atoms with Crippen LogP contribution in [0.25, 0.3) is 11.1 Å². The van der Waals surface area contributed by atoms with Crippen molar-refractivity contribution in [2.24, 2.45) is 11.7 Å². The van der Waals surface area contributed by atoms with Gasteiger partial charge in [0.2, 0.25) is 5.89 Å². The predicted molar refractivity (Wildman–Crippen MR) is 104 cm³/mol. The van der Waals surface area contributed by atoms with Crippen LogP contribution in [0, 0.1) is 5.92 Å². The zero-order chi connectivity index (χ0) is 19.0. The summed E-state index contributed by atoms with van der Waals surface area (Å²) < 4.78 is 5.48. The second kappa shape index (κ2) is 7.00. The molecule has 1 amide bonds. The summed E-state index contributed by atoms with van der Waals surface area (Å²) in [5.74, 6) is 0.368. The quantitative estimate of drug-likeness (QED) is 0.713. The third-order valence-electron chi connectivity index (χ3n) is 5.41. The number of hydrogen-bond donors (Lipinski definition) is 2. The van der Waals surface area contributed by atoms with Gasteiger partial charge in [-0.1, -0.05) is 68.8 Å². The average molecular weight is 361 g/mol. The van der Waals surface area contributed by atoms with Gasteiger partial charge in [-0.3, -0.25) is 4.79 Å². The van der Waals surface area contributed by atoms with Crippen molar-refractivity contribution in [3.63, 3.8) is 0 Å². The van der Waals surface area contributed by atoms with Crippen LogP contribution >= 0.6 is 0 Å². The van der Waals surface area contributed by atoms with E-state index in [9.17, 15) is 4.79 Å². The van der Waals surface area contributed by atoms with Crippen LogP contribution in [-0.2, 0) is 0 Å². The first kappa shape index (κ1) is 17.5. The van der Waals surface area contributed by atoms with E-state index in [1.807, 2.05) is 43.3 Å². The van der Waals surface area contributed by atoms with Crippen molar-refractivity contribution >= 4 is 5.91 Å². The Balaban J connectivity index is 1.60. The van der Waals surface area contributed by atoms with E-state index in [0.717, 1.165) is 28.7 Å². The summed E-state index contributed by atoms with van der Waals surface area (Å²) in [6, 6.07) is 15.8. The highest BCUT2D eigenvalue weighted by atomic mass is 16.3. The molecule has 5 heteroatoms. The number of carbonyl (C=O) groups excluding carboxylic acids is 1. The van der Waals surface area contributed by atoms with Crippen LogP contribution < -0.4 is 11.1 Å². The lowest BCUT2D eigenvalue weighted by Gasteiger charge is -2.15. The maximum absolute atomic E-state index is 12.8. The maximum Gasteiger partial charge on any atom is 0.273 e. The fraction of sp³-hybridized carbons (Fsp3) is 0.273. The number of amides is 1. The van der Waals surface area contributed by atoms with Gasteiger partial charge in [-0.2, -0.15) is 0 Å². The van der Waals surface area contributed by atoms with Gasteiger partial charge in [0, 0.05) is 0 Å². The third-order valence-corrected chi connectivity index (χ3v) is 5.41. The highest BCUT2D eigenvalue weighted by Crippen LogP contribution is 2.43. The summed E-state index contributed by atoms with van der Waals surface area (Å²) in [5.41, 5.74) is 10.9. The van der Waals surface area contributed by atoms with E-state index in [4.69, 9.17) is 10.2 Å². The number of rotatable bonds is 5. The lowest BCUT2D eigenvalue weighted by atomic mass is 10.0. The molecule has 2 unspecified atom stereocenters. The Bertz CT molecular complexity index is 933. The van der Waals surface area contributed by atoms with Crippen molar-refractivity contribution in [2.75, 3.05) is 0 Å². The van der Waals surface area contributed by atoms with Crippen molar-refractivity contribution in [1.82, 2.24) is 10.3 Å². The minimum absolute atomic E-state index is 0.201. The highest BCUT2D eigenvalue weighted by Gasteiger charge is 2.30. The molecule has 3 aromatic rings. The van der Waals surface area contributed by atoms with E-state index in [0.29, 0.717) is 5.89 Å². The van der Waals surface area contributed by atoms with Crippen LogP contribution in [0.2, 0.25) is 0 Å². The van der Waals surface area contributed by atoms with Crippen LogP contribution in [0.3, 0.4) is 0 Å². The minimum Gasteiger partial charge on any atom is -0.446 e. The molecule has 0 saturated carbocycles. The number of carbonyl (C=O) groups is 1. The molecular formula is C22H23N3O2. The van der Waals surface area contributed by atoms with Crippen LogP contribution in [-0.4, -0.2) is 10.9 Å². The Morgan fingerprint density at radius 1 is 1.15 bits per heavy atom. The normalized spacial score (nSPS) is 15.1. The van der Waals surface area contributed by atoms with Crippen molar-refractivity contribution in [2.45, 2.75) is 32.4 Å². The van der Waals surface area contributed by atoms with Gasteiger partial charge in [-0.05, 0) is 28.2 Å². The summed E-state index contributed by atoms with van der Waals surface area (Å²) >= 11 is 0. The smallest absolute Gasteiger partial charge is 0.273 e. The van der Waals surface area contributed by atoms with E-state index < -0.39 is 0 Å². The van der Waals surface area contributed by atoms with Gasteiger partial charge in [0.05, 0.1) is 12.1 Å². The predicted octanol–water partition coefficient (Wildman–Crippen LogP) is 4.22. The Morgan fingerprint density at radius 3 is 2.33 bits per heavy atom. The van der Waals surface area contributed by atoms with Gasteiger partial charge in [0.1, 0.15) is 6.26 Å². The van der Waals surface area contributed by atoms with Crippen LogP contribution in [0.5, 0.6) is 0 Å². The summed E-state index contributed by atoms with van der Waals surface area (Å²) in [4.78, 5) is 17.2. The molecule has 2 atom stereocenters. The van der Waals surface area contributed by atoms with Gasteiger partial charge in [0.15, 0.2) is 5.69 Å². The molecule has 1 heterocycles. The highest BCUT2D eigenvalue weighted by molar-refractivity contribution is 5.93. The monoisotopic (exact) mass is 361 g/mol. The molecule has 4 rings (SSSR count). The van der Waals surface area contributed by atoms with Gasteiger partial charge in [0.25, 0.3) is 5.91 Å². The fourth-order valence-corrected chi connectivity index (χ4v) is 3.56. The number of nitrogens with two attached hydrogens (primary N) is 1. The molecule has 0 fully saturated rings. The first-order valence-corrected chi connectivity index (χ1v) is 9.30. The molecule has 0 radical (unpaired) electrons. The Kier molecular flexibility index (Phi) is 4.54. The minimum atomic E-state index is -0.315. The van der Waals surface area contributed by atoms with Crippen molar-refractivity contribution < 1.29 is 9.21 Å². The number of nitrogens with one attached hydrogen (secondary N) is 1. The number of oxazole rings is 1. The number of aromatic nitrogens is 1. The van der Waals surface area contributed by atoms with Crippen LogP contribution in [0.1, 0.15) is 59.9 Å². The molecule has 1 aromatic heterocycles. The van der Waals surface area contributed by atoms with E-state index in [2.05, 4.69) is 29.4 Å². The summed E-state index contributed by atoms with van der Waals surface area (Å²) in [6.07, 6.45) is 2.31. The van der Waals surface area contributed by atoms with E-state index in [1.165, 1.54) is 6.26 Å². The van der Waals surface area contributed by atoms with Gasteiger partial charge >= 0.3 is 0 Å². The molecule has 27 heavy (non-hydrogen) atoms. The molecule has 0 saturated heterocycles. The summed E-state index contributed by atoms with van der Waals surface area (Å²) in [7, 11) is 0. The van der Waals surface area contributed by atoms with Crippen molar-refractivity contribution in [1.29, 1.82) is 0 Å². The molecule has 5 nitrogen and oxygen atoms in total. The Labute approximate surface area is 158 Å². The lowest BCUT2D eigenvalue weighted by molar-refractivity contribution is 0.0938. The molecule has 1 aliphatic rings. The largest absolute Gasteiger partial charge is 0.446 e. The van der Waals surface area contributed by atoms with E-state index in [-0.39, 0.29) is 29.6 Å². The molecule has 138 valence electrons. The zero-order valence-corrected chi connectivity index (χ0v) is 15.5. The SMILES string of the molecule is CCC(C)C(N)c1nc(C(=O)NC2c3ccccc3-c3ccccc32)co1. The number of fused-ring (bicyclic) bond motifs is 3. The molecule has 2 aromatic carbocycles. The summed E-state index contributed by atoms with van der Waals surface area (Å²) in [5, 5.41) is 3.10. The Hall–Kier alpha value is -2.92. The second-order valence-electron chi connectivity index (χ2n) is 7.06. The molecule has 0 bridgehead atoms. The lowest BCUT2D eigenvalue weighted by Crippen LogP contribution is -2.28. The first-order chi connectivity index (χ1) is 13.1. The Morgan fingerprint density at radius 2 is 1.74 bits per heavy atom. The summed E-state index contributed by atoms with van der Waals surface area (Å²) in [6.45, 7) is 4.11. The zero-order valence-electron chi connectivity index (χ0n) is 15.5. The van der Waals surface area contributed by atoms with Gasteiger partial charge < -0.3 is 15.5 Å². The second-order valence-corrected chi connectivity index (χ2v) is 7.06. The molecule has 0 aliphatic heterocycles. The molecule has 0 spiro atoms. The standard InChI is InChI=1S/C22H23N3O2/c1-3-13(2)19(23)22-24-18(12-27-22)21(26)25-20-16-10-6-4-8-14(16)15-9-5-7-11-17(15)20/h4-13,19-20H,3,23H2,1-2H3,(H,25,26). The van der Waals surface area contributed by atoms with Gasteiger partial charge in [-0.25, -0.2) is 4.98 Å². The van der Waals surface area contributed by atoms with Gasteiger partial charge in [-0.15, -0.1) is 0 Å². The van der Waals surface area contributed by atoms with Crippen molar-refractivity contribution in [3.8, 4) is 11.1 Å². The molecular weight excluding hydrogens is 338 g/mol. The van der Waals surface area contributed by atoms with E-state index in [1.54, 1.807) is 0 Å². The fourth-order valence-electron chi connectivity index (χ4n) is 3.56. The average Bonchev–Trinajstić information content (AvgIpc) is 3.31. The number of hydrogen-bond acceptors (Lipinski definition) is 4.